The maximum absolute atomic E-state index is 4.23. The molecule has 73 valence electrons. The van der Waals surface area contributed by atoms with Gasteiger partial charge in [0.1, 0.15) is 0 Å². The first-order chi connectivity index (χ1) is 6.36. The van der Waals surface area contributed by atoms with E-state index >= 15 is 0 Å². The lowest BCUT2D eigenvalue weighted by atomic mass is 10.2. The Hall–Kier alpha value is -0.790. The molecule has 1 aromatic heterocycles. The molecule has 0 amide bonds. The standard InChI is InChI=1S/C11H19N2/c1-3-5-6-7-8-13-9-11(4-2)12-10-13/h9-10H,2-8H2,1H3. The highest BCUT2D eigenvalue weighted by Crippen LogP contribution is 2.03. The van der Waals surface area contributed by atoms with Gasteiger partial charge < -0.3 is 4.57 Å². The Morgan fingerprint density at radius 1 is 1.38 bits per heavy atom. The Balaban J connectivity index is 2.20. The minimum Gasteiger partial charge on any atom is -0.337 e. The van der Waals surface area contributed by atoms with Crippen LogP contribution in [0.25, 0.3) is 0 Å². The summed E-state index contributed by atoms with van der Waals surface area (Å²) in [6.07, 6.45) is 10.0. The Kier molecular flexibility index (Phi) is 4.58. The summed E-state index contributed by atoms with van der Waals surface area (Å²) in [4.78, 5) is 4.23. The van der Waals surface area contributed by atoms with Gasteiger partial charge in [-0.2, -0.15) is 0 Å². The summed E-state index contributed by atoms with van der Waals surface area (Å²) in [5.41, 5.74) is 1.09. The van der Waals surface area contributed by atoms with E-state index in [9.17, 15) is 0 Å². The van der Waals surface area contributed by atoms with Crippen molar-refractivity contribution in [2.24, 2.45) is 0 Å². The summed E-state index contributed by atoms with van der Waals surface area (Å²) >= 11 is 0. The number of hydrogen-bond donors (Lipinski definition) is 0. The van der Waals surface area contributed by atoms with Crippen molar-refractivity contribution in [1.29, 1.82) is 0 Å². The van der Waals surface area contributed by atoms with Crippen molar-refractivity contribution in [2.75, 3.05) is 0 Å². The normalized spacial score (nSPS) is 10.6. The molecular formula is C11H19N2. The van der Waals surface area contributed by atoms with Crippen molar-refractivity contribution in [2.45, 2.75) is 45.6 Å². The molecule has 0 bridgehead atoms. The Bertz CT molecular complexity index is 228. The lowest BCUT2D eigenvalue weighted by Gasteiger charge is -2.00. The van der Waals surface area contributed by atoms with Gasteiger partial charge in [-0.1, -0.05) is 26.2 Å². The predicted octanol–water partition coefficient (Wildman–Crippen LogP) is 2.84. The Morgan fingerprint density at radius 3 is 2.85 bits per heavy atom. The van der Waals surface area contributed by atoms with E-state index < -0.39 is 0 Å². The first kappa shape index (κ1) is 10.3. The summed E-state index contributed by atoms with van der Waals surface area (Å²) in [6.45, 7) is 7.14. The van der Waals surface area contributed by atoms with Crippen molar-refractivity contribution in [1.82, 2.24) is 9.55 Å². The van der Waals surface area contributed by atoms with Gasteiger partial charge in [0, 0.05) is 12.7 Å². The van der Waals surface area contributed by atoms with Crippen molar-refractivity contribution >= 4 is 0 Å². The third kappa shape index (κ3) is 3.62. The van der Waals surface area contributed by atoms with Crippen molar-refractivity contribution in [3.8, 4) is 0 Å². The molecule has 1 heterocycles. The van der Waals surface area contributed by atoms with E-state index in [0.29, 0.717) is 0 Å². The van der Waals surface area contributed by atoms with E-state index in [0.717, 1.165) is 18.7 Å². The van der Waals surface area contributed by atoms with E-state index in [1.165, 1.54) is 25.7 Å². The lowest BCUT2D eigenvalue weighted by Crippen LogP contribution is -1.93. The van der Waals surface area contributed by atoms with Gasteiger partial charge >= 0.3 is 0 Å². The Morgan fingerprint density at radius 2 is 2.23 bits per heavy atom. The van der Waals surface area contributed by atoms with Gasteiger partial charge in [-0.05, 0) is 19.8 Å². The largest absolute Gasteiger partial charge is 0.337 e. The van der Waals surface area contributed by atoms with Crippen molar-refractivity contribution in [3.63, 3.8) is 0 Å². The third-order valence-electron chi connectivity index (χ3n) is 2.21. The molecule has 0 atom stereocenters. The summed E-state index contributed by atoms with van der Waals surface area (Å²) in [5.74, 6) is 0. The molecule has 0 aliphatic carbocycles. The van der Waals surface area contributed by atoms with Crippen LogP contribution in [0.3, 0.4) is 0 Å². The minimum atomic E-state index is 0.794. The number of rotatable bonds is 6. The van der Waals surface area contributed by atoms with Crippen LogP contribution in [0.4, 0.5) is 0 Å². The average molecular weight is 179 g/mol. The maximum atomic E-state index is 4.23. The molecule has 0 aromatic carbocycles. The van der Waals surface area contributed by atoms with E-state index in [2.05, 4.69) is 29.6 Å². The number of hydrogen-bond acceptors (Lipinski definition) is 1. The SMILES string of the molecule is [CH2]Cc1cn(CCCCCC)cn1. The van der Waals surface area contributed by atoms with Gasteiger partial charge in [0.15, 0.2) is 0 Å². The van der Waals surface area contributed by atoms with Crippen LogP contribution in [-0.4, -0.2) is 9.55 Å². The van der Waals surface area contributed by atoms with Crippen LogP contribution in [0.15, 0.2) is 12.5 Å². The number of aromatic nitrogens is 2. The Labute approximate surface area is 81.0 Å². The molecule has 0 N–H and O–H groups in total. The lowest BCUT2D eigenvalue weighted by molar-refractivity contribution is 0.582. The number of nitrogens with zero attached hydrogens (tertiary/aromatic N) is 2. The topological polar surface area (TPSA) is 17.8 Å². The maximum Gasteiger partial charge on any atom is 0.0949 e. The first-order valence-corrected chi connectivity index (χ1v) is 5.16. The smallest absolute Gasteiger partial charge is 0.0949 e. The minimum absolute atomic E-state index is 0.794. The molecule has 0 aliphatic heterocycles. The number of aryl methyl sites for hydroxylation is 1. The fraction of sp³-hybridized carbons (Fsp3) is 0.636. The van der Waals surface area contributed by atoms with Gasteiger partial charge in [-0.15, -0.1) is 0 Å². The van der Waals surface area contributed by atoms with Gasteiger partial charge in [0.05, 0.1) is 12.0 Å². The second kappa shape index (κ2) is 5.79. The number of unbranched alkanes of at least 4 members (excludes halogenated alkanes) is 3. The van der Waals surface area contributed by atoms with Crippen molar-refractivity contribution < 1.29 is 0 Å². The first-order valence-electron chi connectivity index (χ1n) is 5.16. The molecule has 2 heteroatoms. The summed E-state index contributed by atoms with van der Waals surface area (Å²) in [7, 11) is 0. The quantitative estimate of drug-likeness (QED) is 0.614. The molecule has 1 aromatic rings. The predicted molar refractivity (Wildman–Crippen MR) is 55.4 cm³/mol. The monoisotopic (exact) mass is 179 g/mol. The fourth-order valence-corrected chi connectivity index (χ4v) is 1.38. The fourth-order valence-electron chi connectivity index (χ4n) is 1.38. The van der Waals surface area contributed by atoms with E-state index in [1.807, 2.05) is 6.33 Å². The molecule has 0 unspecified atom stereocenters. The molecule has 0 spiro atoms. The molecule has 1 radical (unpaired) electrons. The second-order valence-electron chi connectivity index (χ2n) is 3.41. The summed E-state index contributed by atoms with van der Waals surface area (Å²) < 4.78 is 2.16. The van der Waals surface area contributed by atoms with Crippen molar-refractivity contribution in [3.05, 3.63) is 25.1 Å². The highest BCUT2D eigenvalue weighted by Gasteiger charge is 1.95. The van der Waals surface area contributed by atoms with Crippen LogP contribution in [0.2, 0.25) is 0 Å². The second-order valence-corrected chi connectivity index (χ2v) is 3.41. The molecule has 13 heavy (non-hydrogen) atoms. The zero-order valence-electron chi connectivity index (χ0n) is 8.50. The molecule has 1 rings (SSSR count). The highest BCUT2D eigenvalue weighted by atomic mass is 15.0. The zero-order chi connectivity index (χ0) is 9.52. The van der Waals surface area contributed by atoms with Crippen LogP contribution in [0, 0.1) is 6.92 Å². The van der Waals surface area contributed by atoms with E-state index in [4.69, 9.17) is 0 Å². The average Bonchev–Trinajstić information content (AvgIpc) is 2.60. The highest BCUT2D eigenvalue weighted by molar-refractivity contribution is 4.97. The summed E-state index contributed by atoms with van der Waals surface area (Å²) in [6, 6.07) is 0. The molecular weight excluding hydrogens is 160 g/mol. The van der Waals surface area contributed by atoms with E-state index in [1.54, 1.807) is 0 Å². The molecule has 0 saturated heterocycles. The molecule has 2 nitrogen and oxygen atoms in total. The van der Waals surface area contributed by atoms with Gasteiger partial charge in [-0.25, -0.2) is 4.98 Å². The number of imidazole rings is 1. The third-order valence-corrected chi connectivity index (χ3v) is 2.21. The van der Waals surface area contributed by atoms with Crippen LogP contribution < -0.4 is 0 Å². The van der Waals surface area contributed by atoms with Gasteiger partial charge in [0.25, 0.3) is 0 Å². The molecule has 0 fully saturated rings. The summed E-state index contributed by atoms with van der Waals surface area (Å²) in [5, 5.41) is 0. The van der Waals surface area contributed by atoms with Gasteiger partial charge in [0.2, 0.25) is 0 Å². The van der Waals surface area contributed by atoms with Crippen LogP contribution >= 0.6 is 0 Å². The van der Waals surface area contributed by atoms with Crippen LogP contribution in [0.1, 0.15) is 38.3 Å². The van der Waals surface area contributed by atoms with Crippen LogP contribution in [-0.2, 0) is 13.0 Å². The van der Waals surface area contributed by atoms with E-state index in [-0.39, 0.29) is 0 Å². The van der Waals surface area contributed by atoms with Crippen LogP contribution in [0.5, 0.6) is 0 Å². The molecule has 0 aliphatic rings. The molecule has 0 saturated carbocycles. The van der Waals surface area contributed by atoms with Gasteiger partial charge in [-0.3, -0.25) is 0 Å². The zero-order valence-corrected chi connectivity index (χ0v) is 8.50.